The number of rotatable bonds is 3. The first-order valence-electron chi connectivity index (χ1n) is 9.81. The first-order chi connectivity index (χ1) is 13.6. The molecule has 5 heteroatoms. The maximum Gasteiger partial charge on any atom is 0.339 e. The molecular weight excluding hydrogens is 357 g/mol. The van der Waals surface area contributed by atoms with Crippen molar-refractivity contribution >= 4 is 11.0 Å². The molecule has 1 aliphatic carbocycles. The van der Waals surface area contributed by atoms with E-state index in [0.717, 1.165) is 71.3 Å². The van der Waals surface area contributed by atoms with Crippen LogP contribution >= 0.6 is 0 Å². The van der Waals surface area contributed by atoms with E-state index in [9.17, 15) is 9.18 Å². The average molecular weight is 379 g/mol. The summed E-state index contributed by atoms with van der Waals surface area (Å²) < 4.78 is 25.6. The second-order valence-electron chi connectivity index (χ2n) is 7.73. The Morgan fingerprint density at radius 3 is 2.86 bits per heavy atom. The van der Waals surface area contributed by atoms with Gasteiger partial charge in [0.25, 0.3) is 0 Å². The normalized spacial score (nSPS) is 16.1. The van der Waals surface area contributed by atoms with E-state index in [-0.39, 0.29) is 11.4 Å². The first kappa shape index (κ1) is 17.4. The molecule has 0 radical (unpaired) electrons. The smallest absolute Gasteiger partial charge is 0.339 e. The summed E-state index contributed by atoms with van der Waals surface area (Å²) in [4.78, 5) is 14.5. The van der Waals surface area contributed by atoms with Crippen LogP contribution in [0.15, 0.2) is 39.5 Å². The largest absolute Gasteiger partial charge is 0.477 e. The van der Waals surface area contributed by atoms with Gasteiger partial charge in [0, 0.05) is 35.2 Å². The van der Waals surface area contributed by atoms with E-state index in [1.807, 2.05) is 19.1 Å². The van der Waals surface area contributed by atoms with E-state index in [1.165, 1.54) is 6.07 Å². The SMILES string of the molecule is Cc1c2c(cc3c4c(c(=O)oc13)CCC4)CN(CCc1ccccc1F)CO2. The summed E-state index contributed by atoms with van der Waals surface area (Å²) in [5.41, 5.74) is 5.15. The van der Waals surface area contributed by atoms with Crippen molar-refractivity contribution in [1.82, 2.24) is 4.90 Å². The quantitative estimate of drug-likeness (QED) is 0.642. The average Bonchev–Trinajstić information content (AvgIpc) is 3.19. The Labute approximate surface area is 162 Å². The number of ether oxygens (including phenoxy) is 1. The number of hydrogen-bond acceptors (Lipinski definition) is 4. The Bertz CT molecular complexity index is 1130. The summed E-state index contributed by atoms with van der Waals surface area (Å²) in [5.74, 6) is 0.656. The Morgan fingerprint density at radius 2 is 2.00 bits per heavy atom. The van der Waals surface area contributed by atoms with Gasteiger partial charge >= 0.3 is 5.63 Å². The van der Waals surface area contributed by atoms with Crippen LogP contribution in [-0.4, -0.2) is 18.2 Å². The summed E-state index contributed by atoms with van der Waals surface area (Å²) in [6.07, 6.45) is 3.37. The highest BCUT2D eigenvalue weighted by Gasteiger charge is 2.26. The van der Waals surface area contributed by atoms with Gasteiger partial charge in [0.1, 0.15) is 23.9 Å². The third-order valence-corrected chi connectivity index (χ3v) is 5.96. The summed E-state index contributed by atoms with van der Waals surface area (Å²) in [6, 6.07) is 9.03. The second kappa shape index (κ2) is 6.74. The first-order valence-corrected chi connectivity index (χ1v) is 9.81. The predicted octanol–water partition coefficient (Wildman–Crippen LogP) is 4.12. The van der Waals surface area contributed by atoms with Crippen LogP contribution in [0.25, 0.3) is 11.0 Å². The highest BCUT2D eigenvalue weighted by molar-refractivity contribution is 5.87. The van der Waals surface area contributed by atoms with Gasteiger partial charge in [0.05, 0.1) is 0 Å². The van der Waals surface area contributed by atoms with Gasteiger partial charge in [-0.2, -0.15) is 0 Å². The van der Waals surface area contributed by atoms with Crippen molar-refractivity contribution in [3.8, 4) is 5.75 Å². The van der Waals surface area contributed by atoms with Crippen LogP contribution in [0.2, 0.25) is 0 Å². The molecule has 1 aliphatic heterocycles. The minimum Gasteiger partial charge on any atom is -0.477 e. The van der Waals surface area contributed by atoms with E-state index >= 15 is 0 Å². The van der Waals surface area contributed by atoms with Crippen molar-refractivity contribution in [2.75, 3.05) is 13.3 Å². The monoisotopic (exact) mass is 379 g/mol. The van der Waals surface area contributed by atoms with Crippen molar-refractivity contribution in [2.45, 2.75) is 39.2 Å². The Morgan fingerprint density at radius 1 is 1.18 bits per heavy atom. The predicted molar refractivity (Wildman–Crippen MR) is 105 cm³/mol. The Kier molecular flexibility index (Phi) is 4.20. The van der Waals surface area contributed by atoms with E-state index < -0.39 is 0 Å². The number of aryl methyl sites for hydroxylation is 2. The van der Waals surface area contributed by atoms with Crippen LogP contribution in [0.4, 0.5) is 4.39 Å². The molecule has 144 valence electrons. The van der Waals surface area contributed by atoms with Crippen molar-refractivity contribution in [2.24, 2.45) is 0 Å². The Hall–Kier alpha value is -2.66. The van der Waals surface area contributed by atoms with Gasteiger partial charge in [-0.3, -0.25) is 4.90 Å². The molecule has 3 aromatic rings. The van der Waals surface area contributed by atoms with Crippen LogP contribution in [0.3, 0.4) is 0 Å². The molecule has 0 saturated heterocycles. The molecule has 2 aromatic carbocycles. The topological polar surface area (TPSA) is 42.7 Å². The lowest BCUT2D eigenvalue weighted by atomic mass is 9.99. The zero-order valence-corrected chi connectivity index (χ0v) is 15.9. The summed E-state index contributed by atoms with van der Waals surface area (Å²) in [5, 5.41) is 1.04. The minimum absolute atomic E-state index is 0.159. The highest BCUT2D eigenvalue weighted by Crippen LogP contribution is 2.38. The molecule has 0 saturated carbocycles. The number of fused-ring (bicyclic) bond motifs is 4. The molecule has 2 aliphatic rings. The Balaban J connectivity index is 1.46. The van der Waals surface area contributed by atoms with Crippen molar-refractivity contribution in [3.63, 3.8) is 0 Å². The molecule has 0 spiro atoms. The van der Waals surface area contributed by atoms with Crippen LogP contribution in [-0.2, 0) is 25.8 Å². The number of nitrogens with zero attached hydrogens (tertiary/aromatic N) is 1. The lowest BCUT2D eigenvalue weighted by Gasteiger charge is -2.30. The molecule has 0 fully saturated rings. The fraction of sp³-hybridized carbons (Fsp3) is 0.348. The van der Waals surface area contributed by atoms with Gasteiger partial charge in [-0.1, -0.05) is 18.2 Å². The summed E-state index contributed by atoms with van der Waals surface area (Å²) in [6.45, 7) is 3.87. The molecule has 0 bridgehead atoms. The zero-order chi connectivity index (χ0) is 19.3. The molecule has 1 aromatic heterocycles. The second-order valence-corrected chi connectivity index (χ2v) is 7.73. The third kappa shape index (κ3) is 2.81. The van der Waals surface area contributed by atoms with Gasteiger partial charge in [-0.25, -0.2) is 9.18 Å². The highest BCUT2D eigenvalue weighted by atomic mass is 19.1. The van der Waals surface area contributed by atoms with Crippen LogP contribution in [0.5, 0.6) is 5.75 Å². The fourth-order valence-electron chi connectivity index (χ4n) is 4.51. The van der Waals surface area contributed by atoms with Crippen LogP contribution in [0, 0.1) is 12.7 Å². The zero-order valence-electron chi connectivity index (χ0n) is 15.9. The summed E-state index contributed by atoms with van der Waals surface area (Å²) >= 11 is 0. The van der Waals surface area contributed by atoms with E-state index in [0.29, 0.717) is 18.7 Å². The molecule has 0 atom stereocenters. The third-order valence-electron chi connectivity index (χ3n) is 5.96. The minimum atomic E-state index is -0.203. The van der Waals surface area contributed by atoms with Gasteiger partial charge in [0.15, 0.2) is 0 Å². The van der Waals surface area contributed by atoms with Gasteiger partial charge < -0.3 is 9.15 Å². The van der Waals surface area contributed by atoms with Crippen molar-refractivity contribution in [1.29, 1.82) is 0 Å². The fourth-order valence-corrected chi connectivity index (χ4v) is 4.51. The molecule has 2 heterocycles. The number of hydrogen-bond donors (Lipinski definition) is 0. The molecule has 0 N–H and O–H groups in total. The van der Waals surface area contributed by atoms with E-state index in [2.05, 4.69) is 11.0 Å². The van der Waals surface area contributed by atoms with Gasteiger partial charge in [0.2, 0.25) is 0 Å². The molecule has 0 amide bonds. The molecule has 4 nitrogen and oxygen atoms in total. The molecular formula is C23H22FNO3. The standard InChI is InChI=1S/C23H22FNO3/c1-14-21-16(11-19-17-6-4-7-18(17)23(26)28-22(14)19)12-25(13-27-21)10-9-15-5-2-3-8-20(15)24/h2-3,5,8,11H,4,6-7,9-10,12-13H2,1H3. The lowest BCUT2D eigenvalue weighted by Crippen LogP contribution is -2.34. The van der Waals surface area contributed by atoms with Crippen molar-refractivity contribution in [3.05, 3.63) is 74.4 Å². The van der Waals surface area contributed by atoms with E-state index in [4.69, 9.17) is 9.15 Å². The lowest BCUT2D eigenvalue weighted by molar-refractivity contribution is 0.0957. The number of halogens is 1. The molecule has 5 rings (SSSR count). The molecule has 28 heavy (non-hydrogen) atoms. The summed E-state index contributed by atoms with van der Waals surface area (Å²) in [7, 11) is 0. The maximum atomic E-state index is 13.9. The van der Waals surface area contributed by atoms with Gasteiger partial charge in [-0.05, 0) is 55.9 Å². The van der Waals surface area contributed by atoms with Crippen molar-refractivity contribution < 1.29 is 13.5 Å². The van der Waals surface area contributed by atoms with Crippen LogP contribution in [0.1, 0.15) is 34.2 Å². The van der Waals surface area contributed by atoms with E-state index in [1.54, 1.807) is 6.07 Å². The van der Waals surface area contributed by atoms with Crippen LogP contribution < -0.4 is 10.4 Å². The maximum absolute atomic E-state index is 13.9. The number of benzene rings is 2. The molecule has 0 unspecified atom stereocenters. The van der Waals surface area contributed by atoms with Gasteiger partial charge in [-0.15, -0.1) is 0 Å².